The fraction of sp³-hybridized carbons (Fsp3) is 0.250. The predicted octanol–water partition coefficient (Wildman–Crippen LogP) is 2.36. The molecule has 0 aliphatic rings. The third kappa shape index (κ3) is 3.90. The normalized spacial score (nSPS) is 11.5. The molecule has 0 atom stereocenters. The van der Waals surface area contributed by atoms with E-state index in [-0.39, 0.29) is 18.1 Å². The summed E-state index contributed by atoms with van der Waals surface area (Å²) >= 11 is 0. The third-order valence-electron chi connectivity index (χ3n) is 4.58. The van der Waals surface area contributed by atoms with Gasteiger partial charge in [0.1, 0.15) is 0 Å². The van der Waals surface area contributed by atoms with Gasteiger partial charge in [-0.05, 0) is 48.9 Å². The Morgan fingerprint density at radius 2 is 1.86 bits per heavy atom. The van der Waals surface area contributed by atoms with Crippen molar-refractivity contribution in [2.24, 2.45) is 7.05 Å². The van der Waals surface area contributed by atoms with E-state index < -0.39 is 5.97 Å². The van der Waals surface area contributed by atoms with Gasteiger partial charge in [0.05, 0.1) is 0 Å². The Labute approximate surface area is 162 Å². The van der Waals surface area contributed by atoms with Gasteiger partial charge < -0.3 is 9.30 Å². The number of Topliss-reactive ketones (excluding diaryl/α,β-unsaturated/α-hetero) is 1. The average molecular weight is 379 g/mol. The van der Waals surface area contributed by atoms with E-state index in [1.165, 1.54) is 4.68 Å². The zero-order valence-corrected chi connectivity index (χ0v) is 16.2. The smallest absolute Gasteiger partial charge is 0.357 e. The van der Waals surface area contributed by atoms with Crippen molar-refractivity contribution in [1.29, 1.82) is 0 Å². The van der Waals surface area contributed by atoms with E-state index in [2.05, 4.69) is 15.5 Å². The first-order valence-corrected chi connectivity index (χ1v) is 8.74. The summed E-state index contributed by atoms with van der Waals surface area (Å²) in [5.41, 5.74) is 3.24. The molecule has 0 bridgehead atoms. The van der Waals surface area contributed by atoms with Crippen LogP contribution < -0.4 is 0 Å². The molecule has 3 aromatic rings. The molecule has 28 heavy (non-hydrogen) atoms. The van der Waals surface area contributed by atoms with Crippen LogP contribution in [0, 0.1) is 20.8 Å². The second-order valence-corrected chi connectivity index (χ2v) is 6.42. The van der Waals surface area contributed by atoms with Crippen molar-refractivity contribution in [3.05, 3.63) is 64.7 Å². The van der Waals surface area contributed by atoms with Crippen molar-refractivity contribution in [1.82, 2.24) is 24.8 Å². The van der Waals surface area contributed by atoms with E-state index in [0.29, 0.717) is 11.4 Å². The zero-order chi connectivity index (χ0) is 20.3. The van der Waals surface area contributed by atoms with Gasteiger partial charge in [0, 0.05) is 24.0 Å². The average Bonchev–Trinajstić information content (AvgIpc) is 3.23. The predicted molar refractivity (Wildman–Crippen MR) is 103 cm³/mol. The van der Waals surface area contributed by atoms with Crippen LogP contribution >= 0.6 is 0 Å². The Hall–Kier alpha value is -3.55. The van der Waals surface area contributed by atoms with Gasteiger partial charge in [-0.3, -0.25) is 4.79 Å². The summed E-state index contributed by atoms with van der Waals surface area (Å²) in [5.74, 6) is -0.514. The van der Waals surface area contributed by atoms with Crippen LogP contribution in [0.1, 0.15) is 33.1 Å². The molecule has 0 saturated carbocycles. The van der Waals surface area contributed by atoms with Crippen LogP contribution in [0.5, 0.6) is 0 Å². The summed E-state index contributed by atoms with van der Waals surface area (Å²) in [6, 6.07) is 11.1. The van der Waals surface area contributed by atoms with Crippen molar-refractivity contribution >= 4 is 23.5 Å². The summed E-state index contributed by atoms with van der Waals surface area (Å²) in [6.45, 7) is 5.08. The van der Waals surface area contributed by atoms with Crippen LogP contribution in [0.3, 0.4) is 0 Å². The van der Waals surface area contributed by atoms with Crippen molar-refractivity contribution in [2.45, 2.75) is 20.8 Å². The molecule has 0 amide bonds. The lowest BCUT2D eigenvalue weighted by Gasteiger charge is -2.09. The molecule has 1 aromatic carbocycles. The van der Waals surface area contributed by atoms with Crippen LogP contribution in [-0.4, -0.2) is 43.1 Å². The molecule has 0 unspecified atom stereocenters. The summed E-state index contributed by atoms with van der Waals surface area (Å²) in [5, 5.41) is 11.2. The van der Waals surface area contributed by atoms with Gasteiger partial charge in [0.15, 0.2) is 18.1 Å². The largest absolute Gasteiger partial charge is 0.453 e. The number of carbonyl (C=O) groups is 2. The molecule has 0 radical (unpaired) electrons. The Bertz CT molecular complexity index is 1050. The molecule has 0 aliphatic carbocycles. The molecule has 144 valence electrons. The van der Waals surface area contributed by atoms with E-state index >= 15 is 0 Å². The number of esters is 1. The molecule has 0 aliphatic heterocycles. The number of nitrogens with zero attached hydrogens (tertiary/aromatic N) is 5. The van der Waals surface area contributed by atoms with Gasteiger partial charge in [0.25, 0.3) is 0 Å². The first kappa shape index (κ1) is 19.2. The Morgan fingerprint density at radius 3 is 2.43 bits per heavy atom. The minimum Gasteiger partial charge on any atom is -0.453 e. The molecule has 3 rings (SSSR count). The molecule has 8 nitrogen and oxygen atoms in total. The standard InChI is InChI=1S/C20H21N5O3/c1-13-10-17(14(2)24(13)4)19(26)12-28-20(27)18(25-15(3)21-22-23-25)11-16-8-6-5-7-9-16/h5-11H,12H2,1-4H3/b18-11-. The first-order valence-electron chi connectivity index (χ1n) is 8.74. The highest BCUT2D eigenvalue weighted by Gasteiger charge is 2.21. The van der Waals surface area contributed by atoms with Gasteiger partial charge in [-0.15, -0.1) is 5.10 Å². The lowest BCUT2D eigenvalue weighted by molar-refractivity contribution is -0.136. The zero-order valence-electron chi connectivity index (χ0n) is 16.2. The van der Waals surface area contributed by atoms with Crippen LogP contribution in [0.2, 0.25) is 0 Å². The molecule has 0 N–H and O–H groups in total. The second-order valence-electron chi connectivity index (χ2n) is 6.42. The van der Waals surface area contributed by atoms with Gasteiger partial charge in [-0.2, -0.15) is 4.68 Å². The summed E-state index contributed by atoms with van der Waals surface area (Å²) in [4.78, 5) is 25.2. The summed E-state index contributed by atoms with van der Waals surface area (Å²) < 4.78 is 8.50. The molecule has 2 aromatic heterocycles. The van der Waals surface area contributed by atoms with Crippen LogP contribution in [0.25, 0.3) is 11.8 Å². The SMILES string of the molecule is Cc1nnnn1/C(=C\c1ccccc1)C(=O)OCC(=O)c1cc(C)n(C)c1C. The number of hydrogen-bond acceptors (Lipinski definition) is 6. The van der Waals surface area contributed by atoms with E-state index in [1.54, 1.807) is 19.1 Å². The topological polar surface area (TPSA) is 91.9 Å². The summed E-state index contributed by atoms with van der Waals surface area (Å²) in [6.07, 6.45) is 1.62. The monoisotopic (exact) mass is 379 g/mol. The lowest BCUT2D eigenvalue weighted by atomic mass is 10.1. The molecular formula is C20H21N5O3. The minimum absolute atomic E-state index is 0.127. The number of carbonyl (C=O) groups excluding carboxylic acids is 2. The number of rotatable bonds is 6. The Kier molecular flexibility index (Phi) is 5.49. The van der Waals surface area contributed by atoms with Crippen molar-refractivity contribution in [2.75, 3.05) is 6.61 Å². The quantitative estimate of drug-likeness (QED) is 0.371. The van der Waals surface area contributed by atoms with Gasteiger partial charge in [-0.1, -0.05) is 30.3 Å². The van der Waals surface area contributed by atoms with Crippen molar-refractivity contribution in [3.8, 4) is 0 Å². The second kappa shape index (κ2) is 7.99. The van der Waals surface area contributed by atoms with Crippen molar-refractivity contribution in [3.63, 3.8) is 0 Å². The van der Waals surface area contributed by atoms with Crippen LogP contribution in [0.15, 0.2) is 36.4 Å². The molecular weight excluding hydrogens is 358 g/mol. The van der Waals surface area contributed by atoms with E-state index in [9.17, 15) is 9.59 Å². The maximum absolute atomic E-state index is 12.7. The van der Waals surface area contributed by atoms with E-state index in [0.717, 1.165) is 17.0 Å². The highest BCUT2D eigenvalue weighted by atomic mass is 16.5. The molecule has 2 heterocycles. The number of aromatic nitrogens is 5. The minimum atomic E-state index is -0.682. The Morgan fingerprint density at radius 1 is 1.14 bits per heavy atom. The first-order chi connectivity index (χ1) is 13.4. The van der Waals surface area contributed by atoms with E-state index in [4.69, 9.17) is 4.74 Å². The fourth-order valence-electron chi connectivity index (χ4n) is 2.79. The van der Waals surface area contributed by atoms with Crippen molar-refractivity contribution < 1.29 is 14.3 Å². The maximum Gasteiger partial charge on any atom is 0.357 e. The maximum atomic E-state index is 12.7. The van der Waals surface area contributed by atoms with Crippen LogP contribution in [-0.2, 0) is 16.6 Å². The van der Waals surface area contributed by atoms with E-state index in [1.807, 2.05) is 55.8 Å². The van der Waals surface area contributed by atoms with Gasteiger partial charge in [-0.25, -0.2) is 4.79 Å². The number of tetrazole rings is 1. The number of aryl methyl sites for hydroxylation is 2. The molecule has 0 spiro atoms. The molecule has 0 saturated heterocycles. The number of ether oxygens (including phenoxy) is 1. The highest BCUT2D eigenvalue weighted by Crippen LogP contribution is 2.16. The lowest BCUT2D eigenvalue weighted by Crippen LogP contribution is -2.19. The van der Waals surface area contributed by atoms with Crippen LogP contribution in [0.4, 0.5) is 0 Å². The third-order valence-corrected chi connectivity index (χ3v) is 4.58. The molecule has 8 heteroatoms. The van der Waals surface area contributed by atoms with Gasteiger partial charge >= 0.3 is 5.97 Å². The highest BCUT2D eigenvalue weighted by molar-refractivity contribution is 6.16. The fourth-order valence-corrected chi connectivity index (χ4v) is 2.79. The Balaban J connectivity index is 1.82. The number of benzene rings is 1. The van der Waals surface area contributed by atoms with Gasteiger partial charge in [0.2, 0.25) is 5.78 Å². The summed E-state index contributed by atoms with van der Waals surface area (Å²) in [7, 11) is 1.88. The molecule has 0 fully saturated rings. The number of hydrogen-bond donors (Lipinski definition) is 0. The number of ketones is 1.